The first-order valence-electron chi connectivity index (χ1n) is 9.36. The second kappa shape index (κ2) is 7.52. The molecule has 2 aromatic heterocycles. The highest BCUT2D eigenvalue weighted by molar-refractivity contribution is 7.94. The smallest absolute Gasteiger partial charge is 0.247 e. The van der Waals surface area contributed by atoms with E-state index in [1.165, 1.54) is 19.9 Å². The minimum atomic E-state index is -3.73. The highest BCUT2D eigenvalue weighted by Crippen LogP contribution is 2.32. The number of aryl methyl sites for hydroxylation is 1. The third-order valence-corrected chi connectivity index (χ3v) is 8.27. The van der Waals surface area contributed by atoms with Crippen molar-refractivity contribution < 1.29 is 26.9 Å². The van der Waals surface area contributed by atoms with Crippen LogP contribution in [0.3, 0.4) is 0 Å². The number of hydrogen-bond acceptors (Lipinski definition) is 9. The largest absolute Gasteiger partial charge is 0.425 e. The number of nitrogens with one attached hydrogen (secondary N) is 1. The lowest BCUT2D eigenvalue weighted by atomic mass is 9.89. The highest BCUT2D eigenvalue weighted by atomic mass is 32.2. The van der Waals surface area contributed by atoms with Crippen LogP contribution in [0.4, 0.5) is 5.88 Å². The molecule has 0 saturated carbocycles. The number of anilines is 1. The first-order chi connectivity index (χ1) is 13.5. The summed E-state index contributed by atoms with van der Waals surface area (Å²) in [4.78, 5) is 12.8. The Balaban J connectivity index is 1.77. The molecule has 0 unspecified atom stereocenters. The maximum absolute atomic E-state index is 13.0. The summed E-state index contributed by atoms with van der Waals surface area (Å²) in [6.07, 6.45) is 0.757. The quantitative estimate of drug-likeness (QED) is 0.735. The van der Waals surface area contributed by atoms with E-state index in [4.69, 9.17) is 13.7 Å². The molecule has 1 saturated heterocycles. The molecule has 29 heavy (non-hydrogen) atoms. The van der Waals surface area contributed by atoms with Crippen LogP contribution in [0, 0.1) is 6.92 Å². The van der Waals surface area contributed by atoms with Crippen LogP contribution in [0.1, 0.15) is 58.0 Å². The number of nitrogens with zero attached hydrogens (tertiary/aromatic N) is 3. The topological polar surface area (TPSA) is 137 Å². The van der Waals surface area contributed by atoms with Crippen molar-refractivity contribution in [2.45, 2.75) is 62.9 Å². The van der Waals surface area contributed by atoms with Crippen molar-refractivity contribution in [3.8, 4) is 0 Å². The molecule has 3 rings (SSSR count). The molecule has 2 aromatic rings. The van der Waals surface area contributed by atoms with E-state index in [1.807, 2.05) is 13.8 Å². The van der Waals surface area contributed by atoms with Crippen LogP contribution < -0.4 is 5.32 Å². The Morgan fingerprint density at radius 2 is 1.83 bits per heavy atom. The molecule has 0 atom stereocenters. The fourth-order valence-electron chi connectivity index (χ4n) is 3.08. The molecule has 0 aromatic carbocycles. The number of aromatic nitrogens is 3. The van der Waals surface area contributed by atoms with Gasteiger partial charge >= 0.3 is 0 Å². The molecule has 0 bridgehead atoms. The molecule has 1 amide bonds. The van der Waals surface area contributed by atoms with Crippen molar-refractivity contribution in [2.75, 3.05) is 18.5 Å². The number of amides is 1. The Kier molecular flexibility index (Phi) is 5.56. The molecule has 160 valence electrons. The number of sulfone groups is 1. The molecule has 3 heterocycles. The molecule has 1 aliphatic heterocycles. The van der Waals surface area contributed by atoms with Gasteiger partial charge in [0.2, 0.25) is 23.6 Å². The minimum absolute atomic E-state index is 0.0459. The van der Waals surface area contributed by atoms with Crippen LogP contribution >= 0.6 is 0 Å². The third kappa shape index (κ3) is 3.93. The van der Waals surface area contributed by atoms with Crippen molar-refractivity contribution in [3.05, 3.63) is 23.5 Å². The molecule has 1 N–H and O–H groups in total. The van der Waals surface area contributed by atoms with E-state index in [1.54, 1.807) is 6.92 Å². The SMILES string of the molecule is Cc1nnc(C(C)(C)c2cc(NC(=O)C(C)(C)S(=O)(=O)C3CCOCC3)on2)o1. The summed E-state index contributed by atoms with van der Waals surface area (Å²) < 4.78 is 40.3. The lowest BCUT2D eigenvalue weighted by molar-refractivity contribution is -0.118. The number of carbonyl (C=O) groups excluding carboxylic acids is 1. The molecular formula is C18H26N4O6S. The molecule has 0 radical (unpaired) electrons. The van der Waals surface area contributed by atoms with Crippen molar-refractivity contribution in [2.24, 2.45) is 0 Å². The Hall–Kier alpha value is -2.27. The molecule has 1 aliphatic rings. The lowest BCUT2D eigenvalue weighted by Gasteiger charge is -2.30. The van der Waals surface area contributed by atoms with Crippen molar-refractivity contribution in [1.82, 2.24) is 15.4 Å². The van der Waals surface area contributed by atoms with Gasteiger partial charge in [-0.25, -0.2) is 8.42 Å². The molecule has 0 aliphatic carbocycles. The first kappa shape index (κ1) is 21.4. The zero-order valence-electron chi connectivity index (χ0n) is 17.2. The summed E-state index contributed by atoms with van der Waals surface area (Å²) >= 11 is 0. The van der Waals surface area contributed by atoms with Gasteiger partial charge in [0, 0.05) is 26.2 Å². The third-order valence-electron chi connectivity index (χ3n) is 5.31. The van der Waals surface area contributed by atoms with E-state index < -0.39 is 31.2 Å². The standard InChI is InChI=1S/C18H26N4O6S/c1-11-20-21-16(27-11)17(2,3)13-10-14(28-22-13)19-15(23)18(4,5)29(24,25)12-6-8-26-9-7-12/h10,12H,6-9H2,1-5H3,(H,19,23). The summed E-state index contributed by atoms with van der Waals surface area (Å²) in [5.41, 5.74) is -0.293. The van der Waals surface area contributed by atoms with Gasteiger partial charge < -0.3 is 13.7 Å². The van der Waals surface area contributed by atoms with Gasteiger partial charge in [0.25, 0.3) is 0 Å². The van der Waals surface area contributed by atoms with E-state index in [0.717, 1.165) is 0 Å². The van der Waals surface area contributed by atoms with Gasteiger partial charge in [-0.3, -0.25) is 10.1 Å². The molecule has 1 fully saturated rings. The maximum atomic E-state index is 13.0. The Labute approximate surface area is 169 Å². The normalized spacial score (nSPS) is 16.7. The summed E-state index contributed by atoms with van der Waals surface area (Å²) in [6, 6.07) is 1.52. The van der Waals surface area contributed by atoms with Gasteiger partial charge in [0.05, 0.1) is 10.7 Å². The summed E-state index contributed by atoms with van der Waals surface area (Å²) in [7, 11) is -3.73. The number of carbonyl (C=O) groups is 1. The Morgan fingerprint density at radius 3 is 2.41 bits per heavy atom. The van der Waals surface area contributed by atoms with Gasteiger partial charge in [-0.1, -0.05) is 5.16 Å². The molecular weight excluding hydrogens is 400 g/mol. The van der Waals surface area contributed by atoms with Gasteiger partial charge in [0.15, 0.2) is 9.84 Å². The van der Waals surface area contributed by atoms with E-state index in [0.29, 0.717) is 43.5 Å². The summed E-state index contributed by atoms with van der Waals surface area (Å²) in [5, 5.41) is 13.7. The van der Waals surface area contributed by atoms with E-state index in [-0.39, 0.29) is 5.88 Å². The van der Waals surface area contributed by atoms with Crippen LogP contribution in [-0.4, -0.2) is 52.9 Å². The molecule has 10 nitrogen and oxygen atoms in total. The van der Waals surface area contributed by atoms with Crippen LogP contribution in [0.25, 0.3) is 0 Å². The van der Waals surface area contributed by atoms with Crippen LogP contribution in [-0.2, 0) is 24.8 Å². The Morgan fingerprint density at radius 1 is 1.17 bits per heavy atom. The van der Waals surface area contributed by atoms with Gasteiger partial charge in [-0.15, -0.1) is 10.2 Å². The maximum Gasteiger partial charge on any atom is 0.247 e. The van der Waals surface area contributed by atoms with Crippen LogP contribution in [0.2, 0.25) is 0 Å². The fourth-order valence-corrected chi connectivity index (χ4v) is 5.04. The van der Waals surface area contributed by atoms with Gasteiger partial charge in [0.1, 0.15) is 10.4 Å². The Bertz CT molecular complexity index is 986. The fraction of sp³-hybridized carbons (Fsp3) is 0.667. The number of ether oxygens (including phenoxy) is 1. The zero-order valence-corrected chi connectivity index (χ0v) is 18.0. The van der Waals surface area contributed by atoms with E-state index in [9.17, 15) is 13.2 Å². The van der Waals surface area contributed by atoms with Crippen molar-refractivity contribution in [1.29, 1.82) is 0 Å². The summed E-state index contributed by atoms with van der Waals surface area (Å²) in [5.74, 6) is 0.136. The highest BCUT2D eigenvalue weighted by Gasteiger charge is 2.47. The number of rotatable bonds is 6. The van der Waals surface area contributed by atoms with E-state index in [2.05, 4.69) is 20.7 Å². The predicted octanol–water partition coefficient (Wildman–Crippen LogP) is 2.00. The van der Waals surface area contributed by atoms with Crippen LogP contribution in [0.5, 0.6) is 0 Å². The van der Waals surface area contributed by atoms with E-state index >= 15 is 0 Å². The van der Waals surface area contributed by atoms with Crippen molar-refractivity contribution in [3.63, 3.8) is 0 Å². The first-order valence-corrected chi connectivity index (χ1v) is 10.9. The lowest BCUT2D eigenvalue weighted by Crippen LogP contribution is -2.50. The average Bonchev–Trinajstić information content (AvgIpc) is 3.32. The predicted molar refractivity (Wildman–Crippen MR) is 103 cm³/mol. The second-order valence-corrected chi connectivity index (χ2v) is 10.9. The molecule has 11 heteroatoms. The monoisotopic (exact) mass is 426 g/mol. The minimum Gasteiger partial charge on any atom is -0.425 e. The van der Waals surface area contributed by atoms with Gasteiger partial charge in [-0.05, 0) is 40.5 Å². The summed E-state index contributed by atoms with van der Waals surface area (Å²) in [6.45, 7) is 8.87. The zero-order chi connectivity index (χ0) is 21.4. The average molecular weight is 426 g/mol. The van der Waals surface area contributed by atoms with Crippen molar-refractivity contribution >= 4 is 21.6 Å². The number of hydrogen-bond donors (Lipinski definition) is 1. The van der Waals surface area contributed by atoms with Gasteiger partial charge in [-0.2, -0.15) is 0 Å². The van der Waals surface area contributed by atoms with Crippen LogP contribution in [0.15, 0.2) is 15.0 Å². The molecule has 0 spiro atoms. The second-order valence-electron chi connectivity index (χ2n) is 8.15.